The molecule has 1 aromatic heterocycles. The van der Waals surface area contributed by atoms with Gasteiger partial charge in [0.25, 0.3) is 0 Å². The number of alkyl halides is 3. The summed E-state index contributed by atoms with van der Waals surface area (Å²) in [5.41, 5.74) is 1.58. The monoisotopic (exact) mass is 392 g/mol. The van der Waals surface area contributed by atoms with E-state index in [9.17, 15) is 18.0 Å². The zero-order valence-corrected chi connectivity index (χ0v) is 15.0. The Hall–Kier alpha value is -2.74. The normalized spacial score (nSPS) is 11.6. The Balaban J connectivity index is 1.75. The Morgan fingerprint density at radius 3 is 2.48 bits per heavy atom. The Kier molecular flexibility index (Phi) is 5.27. The zero-order valence-electron chi connectivity index (χ0n) is 14.2. The highest BCUT2D eigenvalue weighted by Gasteiger charge is 2.30. The first-order valence-electron chi connectivity index (χ1n) is 7.91. The molecular weight excluding hydrogens is 377 g/mol. The topological polar surface area (TPSA) is 55.1 Å². The lowest BCUT2D eigenvalue weighted by Crippen LogP contribution is -2.04. The van der Waals surface area contributed by atoms with Crippen LogP contribution in [-0.4, -0.2) is 20.9 Å². The minimum atomic E-state index is -4.37. The number of aromatic carboxylic acids is 1. The van der Waals surface area contributed by atoms with Gasteiger partial charge in [-0.15, -0.1) is 11.8 Å². The number of nitrogens with zero attached hydrogens (tertiary/aromatic N) is 2. The van der Waals surface area contributed by atoms with Gasteiger partial charge in [0.2, 0.25) is 0 Å². The Labute approximate surface area is 157 Å². The van der Waals surface area contributed by atoms with E-state index in [0.717, 1.165) is 22.7 Å². The number of carbonyl (C=O) groups is 1. The number of thioether (sulfide) groups is 1. The van der Waals surface area contributed by atoms with E-state index >= 15 is 0 Å². The summed E-state index contributed by atoms with van der Waals surface area (Å²) < 4.78 is 39.7. The molecule has 3 aromatic rings. The minimum Gasteiger partial charge on any atom is -0.478 e. The van der Waals surface area contributed by atoms with Crippen LogP contribution in [0.25, 0.3) is 11.3 Å². The lowest BCUT2D eigenvalue weighted by atomic mass is 10.1. The number of hydrogen-bond donors (Lipinski definition) is 1. The van der Waals surface area contributed by atoms with Crippen molar-refractivity contribution in [2.45, 2.75) is 16.8 Å². The summed E-state index contributed by atoms with van der Waals surface area (Å²) in [7, 11) is 1.76. The highest BCUT2D eigenvalue weighted by atomic mass is 32.2. The third-order valence-electron chi connectivity index (χ3n) is 3.95. The van der Waals surface area contributed by atoms with E-state index < -0.39 is 17.7 Å². The van der Waals surface area contributed by atoms with E-state index in [4.69, 9.17) is 5.11 Å². The van der Waals surface area contributed by atoms with Crippen molar-refractivity contribution in [3.8, 4) is 11.3 Å². The van der Waals surface area contributed by atoms with Gasteiger partial charge < -0.3 is 5.11 Å². The number of aryl methyl sites for hydroxylation is 1. The van der Waals surface area contributed by atoms with E-state index in [-0.39, 0.29) is 5.56 Å². The molecule has 140 valence electrons. The van der Waals surface area contributed by atoms with Gasteiger partial charge >= 0.3 is 12.1 Å². The summed E-state index contributed by atoms with van der Waals surface area (Å²) in [6.45, 7) is 0. The van der Waals surface area contributed by atoms with Gasteiger partial charge in [0.05, 0.1) is 16.8 Å². The van der Waals surface area contributed by atoms with Crippen molar-refractivity contribution in [3.63, 3.8) is 0 Å². The molecule has 3 rings (SSSR count). The standard InChI is InChI=1S/C19H15F3N2O2S/c1-24-15(11-27-16-4-2-3-13(9-16)18(25)26)10-17(23-24)12-5-7-14(8-6-12)19(20,21)22/h2-10H,11H2,1H3,(H,25,26). The fourth-order valence-electron chi connectivity index (χ4n) is 2.49. The van der Waals surface area contributed by atoms with Crippen LogP contribution in [0.1, 0.15) is 21.6 Å². The number of carboxylic acids is 1. The van der Waals surface area contributed by atoms with Gasteiger partial charge in [-0.05, 0) is 36.4 Å². The number of halogens is 3. The number of carboxylic acid groups (broad SMARTS) is 1. The SMILES string of the molecule is Cn1nc(-c2ccc(C(F)(F)F)cc2)cc1CSc1cccc(C(=O)O)c1. The van der Waals surface area contributed by atoms with Crippen LogP contribution in [0.15, 0.2) is 59.5 Å². The second kappa shape index (κ2) is 7.48. The third kappa shape index (κ3) is 4.51. The predicted molar refractivity (Wildman–Crippen MR) is 96.6 cm³/mol. The molecule has 0 fully saturated rings. The van der Waals surface area contributed by atoms with Gasteiger partial charge in [-0.3, -0.25) is 4.68 Å². The summed E-state index contributed by atoms with van der Waals surface area (Å²) in [6.07, 6.45) is -4.37. The van der Waals surface area contributed by atoms with Crippen molar-refractivity contribution < 1.29 is 23.1 Å². The highest BCUT2D eigenvalue weighted by molar-refractivity contribution is 7.98. The zero-order chi connectivity index (χ0) is 19.6. The summed E-state index contributed by atoms with van der Waals surface area (Å²) in [5.74, 6) is -0.435. The van der Waals surface area contributed by atoms with Crippen molar-refractivity contribution >= 4 is 17.7 Å². The fourth-order valence-corrected chi connectivity index (χ4v) is 3.46. The molecule has 0 amide bonds. The van der Waals surface area contributed by atoms with Gasteiger partial charge in [-0.2, -0.15) is 18.3 Å². The van der Waals surface area contributed by atoms with Gasteiger partial charge in [0, 0.05) is 29.0 Å². The average Bonchev–Trinajstić information content (AvgIpc) is 3.00. The van der Waals surface area contributed by atoms with Crippen molar-refractivity contribution in [1.82, 2.24) is 9.78 Å². The molecular formula is C19H15F3N2O2S. The van der Waals surface area contributed by atoms with Crippen LogP contribution in [0.2, 0.25) is 0 Å². The maximum Gasteiger partial charge on any atom is 0.416 e. The first kappa shape index (κ1) is 19.0. The second-order valence-electron chi connectivity index (χ2n) is 5.84. The lowest BCUT2D eigenvalue weighted by Gasteiger charge is -2.06. The first-order valence-corrected chi connectivity index (χ1v) is 8.89. The minimum absolute atomic E-state index is 0.218. The molecule has 0 atom stereocenters. The van der Waals surface area contributed by atoms with Crippen molar-refractivity contribution in [3.05, 3.63) is 71.4 Å². The molecule has 0 aliphatic heterocycles. The molecule has 27 heavy (non-hydrogen) atoms. The number of benzene rings is 2. The number of rotatable bonds is 5. The fraction of sp³-hybridized carbons (Fsp3) is 0.158. The van der Waals surface area contributed by atoms with Crippen LogP contribution in [0.5, 0.6) is 0 Å². The maximum atomic E-state index is 12.7. The van der Waals surface area contributed by atoms with E-state index in [1.165, 1.54) is 30.0 Å². The molecule has 0 spiro atoms. The molecule has 0 aliphatic rings. The molecule has 0 aliphatic carbocycles. The van der Waals surface area contributed by atoms with Gasteiger partial charge in [-0.1, -0.05) is 18.2 Å². The quantitative estimate of drug-likeness (QED) is 0.614. The molecule has 1 N–H and O–H groups in total. The Morgan fingerprint density at radius 2 is 1.85 bits per heavy atom. The molecule has 2 aromatic carbocycles. The lowest BCUT2D eigenvalue weighted by molar-refractivity contribution is -0.137. The third-order valence-corrected chi connectivity index (χ3v) is 4.98. The molecule has 0 saturated carbocycles. The molecule has 8 heteroatoms. The van der Waals surface area contributed by atoms with Crippen molar-refractivity contribution in [1.29, 1.82) is 0 Å². The van der Waals surface area contributed by atoms with E-state index in [2.05, 4.69) is 5.10 Å². The largest absolute Gasteiger partial charge is 0.478 e. The van der Waals surface area contributed by atoms with Crippen LogP contribution in [0, 0.1) is 0 Å². The van der Waals surface area contributed by atoms with Crippen LogP contribution in [0.3, 0.4) is 0 Å². The summed E-state index contributed by atoms with van der Waals surface area (Å²) in [5, 5.41) is 13.4. The van der Waals surface area contributed by atoms with Gasteiger partial charge in [-0.25, -0.2) is 4.79 Å². The summed E-state index contributed by atoms with van der Waals surface area (Å²) in [6, 6.07) is 13.3. The molecule has 0 radical (unpaired) electrons. The highest BCUT2D eigenvalue weighted by Crippen LogP contribution is 2.31. The molecule has 0 unspecified atom stereocenters. The average molecular weight is 392 g/mol. The van der Waals surface area contributed by atoms with E-state index in [1.54, 1.807) is 23.9 Å². The number of aromatic nitrogens is 2. The Bertz CT molecular complexity index is 966. The number of hydrogen-bond acceptors (Lipinski definition) is 3. The predicted octanol–water partition coefficient (Wildman–Crippen LogP) is 5.10. The maximum absolute atomic E-state index is 12.7. The summed E-state index contributed by atoms with van der Waals surface area (Å²) >= 11 is 1.46. The smallest absolute Gasteiger partial charge is 0.416 e. The molecule has 1 heterocycles. The van der Waals surface area contributed by atoms with Crippen LogP contribution < -0.4 is 0 Å². The summed E-state index contributed by atoms with van der Waals surface area (Å²) in [4.78, 5) is 11.8. The van der Waals surface area contributed by atoms with Crippen LogP contribution in [0.4, 0.5) is 13.2 Å². The van der Waals surface area contributed by atoms with E-state index in [1.807, 2.05) is 12.1 Å². The molecule has 4 nitrogen and oxygen atoms in total. The van der Waals surface area contributed by atoms with Gasteiger partial charge in [0.15, 0.2) is 0 Å². The Morgan fingerprint density at radius 1 is 1.15 bits per heavy atom. The first-order chi connectivity index (χ1) is 12.7. The van der Waals surface area contributed by atoms with Crippen molar-refractivity contribution in [2.24, 2.45) is 7.05 Å². The van der Waals surface area contributed by atoms with Gasteiger partial charge in [0.1, 0.15) is 0 Å². The molecule has 0 bridgehead atoms. The van der Waals surface area contributed by atoms with Crippen LogP contribution in [-0.2, 0) is 19.0 Å². The van der Waals surface area contributed by atoms with Crippen molar-refractivity contribution in [2.75, 3.05) is 0 Å². The van der Waals surface area contributed by atoms with E-state index in [0.29, 0.717) is 17.0 Å². The van der Waals surface area contributed by atoms with Crippen LogP contribution >= 0.6 is 11.8 Å². The molecule has 0 saturated heterocycles. The second-order valence-corrected chi connectivity index (χ2v) is 6.89.